The Kier molecular flexibility index (Phi) is 6.45. The van der Waals surface area contributed by atoms with Crippen LogP contribution in [0.5, 0.6) is 5.75 Å². The number of ether oxygens (including phenoxy) is 2. The average Bonchev–Trinajstić information content (AvgIpc) is 3.19. The van der Waals surface area contributed by atoms with E-state index in [0.29, 0.717) is 49.8 Å². The minimum Gasteiger partial charge on any atom is -0.497 e. The van der Waals surface area contributed by atoms with Crippen molar-refractivity contribution in [2.24, 2.45) is 0 Å². The molecule has 10 heteroatoms. The molecule has 2 fully saturated rings. The van der Waals surface area contributed by atoms with Crippen molar-refractivity contribution in [2.45, 2.75) is 17.4 Å². The van der Waals surface area contributed by atoms with Crippen molar-refractivity contribution < 1.29 is 27.5 Å². The van der Waals surface area contributed by atoms with Gasteiger partial charge in [0.15, 0.2) is 0 Å². The molecule has 1 N–H and O–H groups in total. The van der Waals surface area contributed by atoms with Gasteiger partial charge in [-0.2, -0.15) is 4.31 Å². The molecule has 2 aliphatic rings. The summed E-state index contributed by atoms with van der Waals surface area (Å²) >= 11 is 0. The molecule has 2 aliphatic heterocycles. The first kappa shape index (κ1) is 22.3. The van der Waals surface area contributed by atoms with Crippen LogP contribution in [0.15, 0.2) is 53.4 Å². The average molecular weight is 460 g/mol. The third-order valence-corrected chi connectivity index (χ3v) is 7.46. The number of hydrogen-bond donors (Lipinski definition) is 1. The van der Waals surface area contributed by atoms with Gasteiger partial charge in [-0.25, -0.2) is 8.42 Å². The highest BCUT2D eigenvalue weighted by atomic mass is 32.2. The number of hydrogen-bond acceptors (Lipinski definition) is 6. The van der Waals surface area contributed by atoms with Crippen molar-refractivity contribution in [1.82, 2.24) is 9.62 Å². The Hall–Kier alpha value is -2.95. The molecule has 2 aromatic carbocycles. The fourth-order valence-electron chi connectivity index (χ4n) is 3.82. The largest absolute Gasteiger partial charge is 0.497 e. The molecule has 0 aromatic heterocycles. The lowest BCUT2D eigenvalue weighted by atomic mass is 10.2. The van der Waals surface area contributed by atoms with E-state index in [1.807, 2.05) is 6.07 Å². The molecule has 170 valence electrons. The van der Waals surface area contributed by atoms with Crippen LogP contribution < -0.4 is 15.0 Å². The highest BCUT2D eigenvalue weighted by Crippen LogP contribution is 2.25. The summed E-state index contributed by atoms with van der Waals surface area (Å²) in [6, 6.07) is 12.7. The molecule has 9 nitrogen and oxygen atoms in total. The molecule has 0 unspecified atom stereocenters. The summed E-state index contributed by atoms with van der Waals surface area (Å²) in [6.07, 6.45) is 0.187. The van der Waals surface area contributed by atoms with Crippen LogP contribution in [-0.2, 0) is 19.6 Å². The molecule has 2 heterocycles. The van der Waals surface area contributed by atoms with Gasteiger partial charge in [-0.1, -0.05) is 6.07 Å². The summed E-state index contributed by atoms with van der Waals surface area (Å²) in [7, 11) is -2.06. The monoisotopic (exact) mass is 459 g/mol. The van der Waals surface area contributed by atoms with Crippen LogP contribution in [0, 0.1) is 0 Å². The molecule has 0 saturated carbocycles. The summed E-state index contributed by atoms with van der Waals surface area (Å²) in [5.74, 6) is 0.205. The number of amides is 2. The predicted molar refractivity (Wildman–Crippen MR) is 117 cm³/mol. The van der Waals surface area contributed by atoms with Gasteiger partial charge >= 0.3 is 0 Å². The molecule has 32 heavy (non-hydrogen) atoms. The Labute approximate surface area is 187 Å². The molecule has 0 radical (unpaired) electrons. The quantitative estimate of drug-likeness (QED) is 0.697. The second-order valence-electron chi connectivity index (χ2n) is 7.62. The summed E-state index contributed by atoms with van der Waals surface area (Å²) in [6.45, 7) is 1.70. The number of nitrogens with one attached hydrogen (secondary N) is 1. The van der Waals surface area contributed by atoms with Crippen molar-refractivity contribution in [1.29, 1.82) is 0 Å². The van der Waals surface area contributed by atoms with E-state index in [9.17, 15) is 18.0 Å². The zero-order valence-corrected chi connectivity index (χ0v) is 18.5. The Morgan fingerprint density at radius 2 is 1.84 bits per heavy atom. The smallest absolute Gasteiger partial charge is 0.251 e. The van der Waals surface area contributed by atoms with E-state index in [-0.39, 0.29) is 29.2 Å². The molecule has 1 atom stereocenters. The van der Waals surface area contributed by atoms with Crippen LogP contribution in [0.4, 0.5) is 5.69 Å². The van der Waals surface area contributed by atoms with E-state index in [2.05, 4.69) is 5.32 Å². The molecule has 2 aromatic rings. The van der Waals surface area contributed by atoms with Gasteiger partial charge in [0.2, 0.25) is 15.9 Å². The van der Waals surface area contributed by atoms with Crippen molar-refractivity contribution in [3.63, 3.8) is 0 Å². The Balaban J connectivity index is 1.40. The molecule has 4 rings (SSSR count). The first-order valence-corrected chi connectivity index (χ1v) is 11.8. The minimum absolute atomic E-state index is 0.0875. The number of anilines is 1. The summed E-state index contributed by atoms with van der Waals surface area (Å²) in [4.78, 5) is 26.9. The maximum absolute atomic E-state index is 12.7. The molecular formula is C22H25N3O6S. The van der Waals surface area contributed by atoms with Gasteiger partial charge in [-0.05, 0) is 36.4 Å². The Morgan fingerprint density at radius 1 is 1.12 bits per heavy atom. The van der Waals surface area contributed by atoms with Crippen LogP contribution in [0.2, 0.25) is 0 Å². The number of rotatable bonds is 6. The van der Waals surface area contributed by atoms with E-state index >= 15 is 0 Å². The zero-order valence-electron chi connectivity index (χ0n) is 17.7. The maximum Gasteiger partial charge on any atom is 0.251 e. The van der Waals surface area contributed by atoms with Gasteiger partial charge in [0, 0.05) is 43.4 Å². The SMILES string of the molecule is COc1cccc(N2C[C@@H](NC(=O)c3ccc(S(=O)(=O)N4CCOCC4)cc3)CC2=O)c1. The molecule has 0 bridgehead atoms. The van der Waals surface area contributed by atoms with Gasteiger partial charge in [0.25, 0.3) is 5.91 Å². The molecule has 2 amide bonds. The van der Waals surface area contributed by atoms with E-state index in [1.165, 1.54) is 28.6 Å². The highest BCUT2D eigenvalue weighted by Gasteiger charge is 2.32. The summed E-state index contributed by atoms with van der Waals surface area (Å²) in [5, 5.41) is 2.87. The fourth-order valence-corrected chi connectivity index (χ4v) is 5.22. The predicted octanol–water partition coefficient (Wildman–Crippen LogP) is 1.25. The lowest BCUT2D eigenvalue weighted by Crippen LogP contribution is -2.40. The number of sulfonamides is 1. The number of nitrogens with zero attached hydrogens (tertiary/aromatic N) is 2. The third-order valence-electron chi connectivity index (χ3n) is 5.55. The first-order chi connectivity index (χ1) is 15.4. The topological polar surface area (TPSA) is 105 Å². The Morgan fingerprint density at radius 3 is 2.53 bits per heavy atom. The Bertz CT molecular complexity index is 1100. The van der Waals surface area contributed by atoms with E-state index < -0.39 is 10.0 Å². The lowest BCUT2D eigenvalue weighted by Gasteiger charge is -2.26. The van der Waals surface area contributed by atoms with Crippen molar-refractivity contribution in [2.75, 3.05) is 44.9 Å². The lowest BCUT2D eigenvalue weighted by molar-refractivity contribution is -0.117. The fraction of sp³-hybridized carbons (Fsp3) is 0.364. The number of carbonyl (C=O) groups is 2. The molecule has 2 saturated heterocycles. The normalized spacial score (nSPS) is 19.7. The van der Waals surface area contributed by atoms with E-state index in [1.54, 1.807) is 30.2 Å². The first-order valence-electron chi connectivity index (χ1n) is 10.3. The zero-order chi connectivity index (χ0) is 22.7. The van der Waals surface area contributed by atoms with Gasteiger partial charge in [0.05, 0.1) is 31.3 Å². The second kappa shape index (κ2) is 9.27. The third kappa shape index (κ3) is 4.62. The maximum atomic E-state index is 12.7. The summed E-state index contributed by atoms with van der Waals surface area (Å²) in [5.41, 5.74) is 1.04. The van der Waals surface area contributed by atoms with Crippen molar-refractivity contribution in [3.05, 3.63) is 54.1 Å². The highest BCUT2D eigenvalue weighted by molar-refractivity contribution is 7.89. The van der Waals surface area contributed by atoms with Crippen molar-refractivity contribution in [3.8, 4) is 5.75 Å². The number of methoxy groups -OCH3 is 1. The number of benzene rings is 2. The van der Waals surface area contributed by atoms with Crippen molar-refractivity contribution >= 4 is 27.5 Å². The molecular weight excluding hydrogens is 434 g/mol. The second-order valence-corrected chi connectivity index (χ2v) is 9.56. The van der Waals surface area contributed by atoms with Gasteiger partial charge in [-0.15, -0.1) is 0 Å². The summed E-state index contributed by atoms with van der Waals surface area (Å²) < 4.78 is 37.2. The van der Waals surface area contributed by atoms with Gasteiger partial charge < -0.3 is 19.7 Å². The number of morpholine rings is 1. The standard InChI is InChI=1S/C22H25N3O6S/c1-30-19-4-2-3-18(14-19)25-15-17(13-21(25)26)23-22(27)16-5-7-20(8-6-16)32(28,29)24-9-11-31-12-10-24/h2-8,14,17H,9-13,15H2,1H3,(H,23,27)/t17-/m0/s1. The van der Waals surface area contributed by atoms with Crippen LogP contribution >= 0.6 is 0 Å². The van der Waals surface area contributed by atoms with Crippen LogP contribution in [0.1, 0.15) is 16.8 Å². The minimum atomic E-state index is -3.62. The van der Waals surface area contributed by atoms with Crippen LogP contribution in [0.25, 0.3) is 0 Å². The van der Waals surface area contributed by atoms with Crippen LogP contribution in [0.3, 0.4) is 0 Å². The number of carbonyl (C=O) groups excluding carboxylic acids is 2. The van der Waals surface area contributed by atoms with Gasteiger partial charge in [0.1, 0.15) is 5.75 Å². The molecule has 0 aliphatic carbocycles. The van der Waals surface area contributed by atoms with E-state index in [0.717, 1.165) is 0 Å². The van der Waals surface area contributed by atoms with E-state index in [4.69, 9.17) is 9.47 Å². The molecule has 0 spiro atoms. The van der Waals surface area contributed by atoms with Gasteiger partial charge in [-0.3, -0.25) is 9.59 Å². The van der Waals surface area contributed by atoms with Crippen LogP contribution in [-0.4, -0.2) is 70.5 Å².